The van der Waals surface area contributed by atoms with Gasteiger partial charge in [0.2, 0.25) is 0 Å². The van der Waals surface area contributed by atoms with E-state index in [1.807, 2.05) is 36.4 Å². The van der Waals surface area contributed by atoms with E-state index in [9.17, 15) is 0 Å². The predicted octanol–water partition coefficient (Wildman–Crippen LogP) is 0.150. The van der Waals surface area contributed by atoms with E-state index >= 15 is 0 Å². The summed E-state index contributed by atoms with van der Waals surface area (Å²) >= 11 is 0. The zero-order valence-electron chi connectivity index (χ0n) is 11.0. The van der Waals surface area contributed by atoms with Gasteiger partial charge < -0.3 is 9.11 Å². The molecule has 128 valence electrons. The van der Waals surface area contributed by atoms with Gasteiger partial charge in [-0.05, 0) is 24.3 Å². The molecule has 2 N–H and O–H groups in total. The molecule has 0 unspecified atom stereocenters. The van der Waals surface area contributed by atoms with Gasteiger partial charge in [0, 0.05) is 22.8 Å². The van der Waals surface area contributed by atoms with Crippen molar-refractivity contribution in [3.63, 3.8) is 0 Å². The van der Waals surface area contributed by atoms with Gasteiger partial charge in [-0.2, -0.15) is 8.42 Å². The molecule has 2 aromatic heterocycles. The number of pyridine rings is 2. The molecule has 0 amide bonds. The van der Waals surface area contributed by atoms with Crippen molar-refractivity contribution < 1.29 is 52.1 Å². The second-order valence-corrected chi connectivity index (χ2v) is 5.00. The Balaban J connectivity index is 0. The molecule has 0 aliphatic rings. The molecule has 10 nitrogen and oxygen atoms in total. The minimum Gasteiger partial charge on any atom is -0.759 e. The van der Waals surface area contributed by atoms with Crippen LogP contribution in [0.25, 0.3) is 11.4 Å². The molecule has 2 heterocycles. The summed E-state index contributed by atoms with van der Waals surface area (Å²) in [5.74, 6) is 0. The normalized spacial score (nSPS) is 10.1. The van der Waals surface area contributed by atoms with Crippen molar-refractivity contribution in [1.82, 2.24) is 9.97 Å². The Morgan fingerprint density at radius 3 is 1.22 bits per heavy atom. The molecule has 0 aliphatic carbocycles. The second-order valence-electron chi connectivity index (χ2n) is 3.29. The fraction of sp³-hybridized carbons (Fsp3) is 0. The maximum absolute atomic E-state index is 8.74. The molecule has 23 heavy (non-hydrogen) atoms. The van der Waals surface area contributed by atoms with Crippen LogP contribution >= 0.6 is 0 Å². The fourth-order valence-corrected chi connectivity index (χ4v) is 1.03. The maximum Gasteiger partial charge on any atom is 2.00 e. The molecule has 0 saturated carbocycles. The van der Waals surface area contributed by atoms with Crippen LogP contribution < -0.4 is 0 Å². The number of hydrogen-bond acceptors (Lipinski definition) is 8. The Morgan fingerprint density at radius 1 is 0.783 bits per heavy atom. The van der Waals surface area contributed by atoms with E-state index in [0.717, 1.165) is 11.4 Å². The summed E-state index contributed by atoms with van der Waals surface area (Å²) in [6, 6.07) is 11.6. The number of aromatic nitrogens is 2. The zero-order chi connectivity index (χ0) is 17.2. The van der Waals surface area contributed by atoms with Gasteiger partial charge in [0.05, 0.1) is 11.4 Å². The van der Waals surface area contributed by atoms with Gasteiger partial charge in [-0.1, -0.05) is 12.1 Å². The molecule has 0 bridgehead atoms. The molecule has 13 heteroatoms. The quantitative estimate of drug-likeness (QED) is 0.376. The van der Waals surface area contributed by atoms with Crippen molar-refractivity contribution >= 4 is 20.8 Å². The first-order valence-corrected chi connectivity index (χ1v) is 7.89. The monoisotopic (exact) mass is 406 g/mol. The van der Waals surface area contributed by atoms with Gasteiger partial charge in [0.25, 0.3) is 0 Å². The van der Waals surface area contributed by atoms with Crippen LogP contribution in [-0.2, 0) is 37.9 Å². The van der Waals surface area contributed by atoms with E-state index in [1.54, 1.807) is 12.4 Å². The van der Waals surface area contributed by atoms with Crippen molar-refractivity contribution in [3.8, 4) is 11.4 Å². The average Bonchev–Trinajstić information content (AvgIpc) is 2.37. The van der Waals surface area contributed by atoms with Crippen molar-refractivity contribution in [2.75, 3.05) is 0 Å². The Kier molecular flexibility index (Phi) is 11.5. The van der Waals surface area contributed by atoms with E-state index in [0.29, 0.717) is 0 Å². The van der Waals surface area contributed by atoms with Crippen LogP contribution in [0.15, 0.2) is 48.8 Å². The summed E-state index contributed by atoms with van der Waals surface area (Å²) < 4.78 is 65.7. The zero-order valence-corrected chi connectivity index (χ0v) is 13.8. The molecule has 0 saturated heterocycles. The molecule has 2 aromatic rings. The van der Waals surface area contributed by atoms with Gasteiger partial charge in [0.15, 0.2) is 0 Å². The third-order valence-corrected chi connectivity index (χ3v) is 1.59. The standard InChI is InChI=1S/C10H8N2.Fe.2H2O4S/c1-3-7-11-9(5-1)10-6-2-4-8-12-10;;2*1-5(2,3)4/h1-8H;;2*(H2,1,2,3,4)/q;+2;;/p-2. The molecule has 0 aliphatic heterocycles. The van der Waals surface area contributed by atoms with Gasteiger partial charge in [-0.25, -0.2) is 0 Å². The minimum absolute atomic E-state index is 0. The predicted molar refractivity (Wildman–Crippen MR) is 72.1 cm³/mol. The molecule has 0 aromatic carbocycles. The van der Waals surface area contributed by atoms with Gasteiger partial charge in [-0.15, -0.1) is 0 Å². The van der Waals surface area contributed by atoms with Crippen LogP contribution in [0.3, 0.4) is 0 Å². The average molecular weight is 406 g/mol. The van der Waals surface area contributed by atoms with Gasteiger partial charge in [-0.3, -0.25) is 27.5 Å². The number of nitrogens with zero attached hydrogens (tertiary/aromatic N) is 2. The third kappa shape index (κ3) is 20.6. The SMILES string of the molecule is O=S(=O)(O)O.O=S(=O)([O-])[O-].[Fe+2].c1ccc(-c2ccccn2)nc1. The summed E-state index contributed by atoms with van der Waals surface area (Å²) in [4.78, 5) is 8.37. The Bertz CT molecular complexity index is 670. The minimum atomic E-state index is -5.17. The van der Waals surface area contributed by atoms with E-state index < -0.39 is 20.8 Å². The Hall–Kier alpha value is -1.44. The van der Waals surface area contributed by atoms with Crippen LogP contribution in [0.1, 0.15) is 0 Å². The number of hydrogen-bond donors (Lipinski definition) is 2. The topological polar surface area (TPSA) is 181 Å². The van der Waals surface area contributed by atoms with Crippen molar-refractivity contribution in [2.24, 2.45) is 0 Å². The van der Waals surface area contributed by atoms with Crippen LogP contribution in [-0.4, -0.2) is 45.0 Å². The van der Waals surface area contributed by atoms with Crippen LogP contribution in [0.4, 0.5) is 0 Å². The van der Waals surface area contributed by atoms with Crippen LogP contribution in [0.5, 0.6) is 0 Å². The molecule has 2 rings (SSSR count). The molecular formula is C10H10FeN2O8S2. The largest absolute Gasteiger partial charge is 2.00 e. The first-order valence-electron chi connectivity index (χ1n) is 5.16. The maximum atomic E-state index is 8.74. The molecule has 0 fully saturated rings. The summed E-state index contributed by atoms with van der Waals surface area (Å²) in [6.07, 6.45) is 3.54. The number of rotatable bonds is 1. The Morgan fingerprint density at radius 2 is 1.04 bits per heavy atom. The van der Waals surface area contributed by atoms with E-state index in [1.165, 1.54) is 0 Å². The Labute approximate surface area is 143 Å². The van der Waals surface area contributed by atoms with Crippen molar-refractivity contribution in [3.05, 3.63) is 48.8 Å². The molecule has 0 atom stereocenters. The first kappa shape index (κ1) is 23.8. The summed E-state index contributed by atoms with van der Waals surface area (Å²) in [7, 11) is -9.83. The summed E-state index contributed by atoms with van der Waals surface area (Å²) in [6.45, 7) is 0. The van der Waals surface area contributed by atoms with Gasteiger partial charge in [0.1, 0.15) is 0 Å². The van der Waals surface area contributed by atoms with E-state index in [2.05, 4.69) is 9.97 Å². The first-order chi connectivity index (χ1) is 9.97. The van der Waals surface area contributed by atoms with E-state index in [-0.39, 0.29) is 17.1 Å². The van der Waals surface area contributed by atoms with E-state index in [4.69, 9.17) is 35.0 Å². The molecular weight excluding hydrogens is 396 g/mol. The summed E-state index contributed by atoms with van der Waals surface area (Å²) in [5, 5.41) is 0. The van der Waals surface area contributed by atoms with Gasteiger partial charge >= 0.3 is 27.5 Å². The summed E-state index contributed by atoms with van der Waals surface area (Å²) in [5.41, 5.74) is 1.83. The second kappa shape index (κ2) is 11.2. The van der Waals surface area contributed by atoms with Crippen LogP contribution in [0, 0.1) is 0 Å². The fourth-order valence-electron chi connectivity index (χ4n) is 1.03. The third-order valence-electron chi connectivity index (χ3n) is 1.59. The van der Waals surface area contributed by atoms with Crippen LogP contribution in [0.2, 0.25) is 0 Å². The molecule has 0 spiro atoms. The van der Waals surface area contributed by atoms with Crippen molar-refractivity contribution in [2.45, 2.75) is 0 Å². The van der Waals surface area contributed by atoms with Crippen molar-refractivity contribution in [1.29, 1.82) is 0 Å². The smallest absolute Gasteiger partial charge is 0.759 e. The molecule has 0 radical (unpaired) electrons.